The quantitative estimate of drug-likeness (QED) is 0.714. The van der Waals surface area contributed by atoms with E-state index in [1.165, 1.54) is 0 Å². The van der Waals surface area contributed by atoms with Gasteiger partial charge in [0, 0.05) is 11.1 Å². The van der Waals surface area contributed by atoms with Crippen molar-refractivity contribution < 1.29 is 14.5 Å². The lowest BCUT2D eigenvalue weighted by atomic mass is 9.87. The van der Waals surface area contributed by atoms with E-state index in [0.29, 0.717) is 0 Å². The summed E-state index contributed by atoms with van der Waals surface area (Å²) in [4.78, 5) is 0. The lowest BCUT2D eigenvalue weighted by molar-refractivity contribution is 0.475. The summed E-state index contributed by atoms with van der Waals surface area (Å²) < 4.78 is 5.32. The van der Waals surface area contributed by atoms with Crippen molar-refractivity contribution in [3.63, 3.8) is 0 Å². The fourth-order valence-electron chi connectivity index (χ4n) is 2.13. The van der Waals surface area contributed by atoms with Crippen LogP contribution in [0.5, 0.6) is 5.75 Å². The van der Waals surface area contributed by atoms with Crippen LogP contribution >= 0.6 is 0 Å². The molecule has 3 rings (SSSR count). The van der Waals surface area contributed by atoms with Gasteiger partial charge in [0.1, 0.15) is 5.75 Å². The van der Waals surface area contributed by atoms with E-state index >= 15 is 0 Å². The van der Waals surface area contributed by atoms with Gasteiger partial charge in [-0.05, 0) is 23.3 Å². The summed E-state index contributed by atoms with van der Waals surface area (Å²) in [7, 11) is 1.07. The molecule has 0 spiro atoms. The number of phenolic OH excluding ortho intramolecular Hbond substituents is 1. The van der Waals surface area contributed by atoms with Crippen LogP contribution in [-0.2, 0) is 0 Å². The number of aromatic hydroxyl groups is 1. The predicted octanol–water partition coefficient (Wildman–Crippen LogP) is 2.56. The fraction of sp³-hybridized carbons (Fsp3) is 0. The Morgan fingerprint density at radius 1 is 0.750 bits per heavy atom. The van der Waals surface area contributed by atoms with Gasteiger partial charge >= 0.3 is 7.48 Å². The van der Waals surface area contributed by atoms with Crippen LogP contribution in [0.4, 0.5) is 0 Å². The highest BCUT2D eigenvalue weighted by atomic mass is 16.3. The Bertz CT molecular complexity index is 699. The SMILES string of the molecule is O[B]c1ccc(-c2cocc2-c2ccc(O)cc2)cc1. The third-order valence-electron chi connectivity index (χ3n) is 3.21. The Kier molecular flexibility index (Phi) is 3.31. The van der Waals surface area contributed by atoms with Crippen molar-refractivity contribution in [1.82, 2.24) is 0 Å². The van der Waals surface area contributed by atoms with E-state index in [4.69, 9.17) is 9.44 Å². The van der Waals surface area contributed by atoms with Crippen LogP contribution in [0.1, 0.15) is 0 Å². The second-order valence-electron chi connectivity index (χ2n) is 4.50. The minimum absolute atomic E-state index is 0.238. The van der Waals surface area contributed by atoms with Crippen molar-refractivity contribution >= 4 is 12.9 Å². The Morgan fingerprint density at radius 2 is 1.25 bits per heavy atom. The Labute approximate surface area is 117 Å². The molecule has 2 aromatic carbocycles. The van der Waals surface area contributed by atoms with Crippen LogP contribution in [0.15, 0.2) is 65.5 Å². The molecule has 1 aromatic heterocycles. The first-order valence-electron chi connectivity index (χ1n) is 6.21. The molecular weight excluding hydrogens is 251 g/mol. The van der Waals surface area contributed by atoms with Gasteiger partial charge in [0.25, 0.3) is 0 Å². The molecule has 0 atom stereocenters. The molecule has 2 N–H and O–H groups in total. The zero-order valence-corrected chi connectivity index (χ0v) is 10.7. The monoisotopic (exact) mass is 263 g/mol. The highest BCUT2D eigenvalue weighted by Crippen LogP contribution is 2.33. The van der Waals surface area contributed by atoms with Gasteiger partial charge in [0.05, 0.1) is 12.5 Å². The molecule has 1 radical (unpaired) electrons. The third-order valence-corrected chi connectivity index (χ3v) is 3.21. The van der Waals surface area contributed by atoms with E-state index in [9.17, 15) is 5.11 Å². The lowest BCUT2D eigenvalue weighted by Crippen LogP contribution is -2.11. The van der Waals surface area contributed by atoms with E-state index < -0.39 is 0 Å². The number of rotatable bonds is 3. The van der Waals surface area contributed by atoms with Gasteiger partial charge in [-0.1, -0.05) is 41.9 Å². The van der Waals surface area contributed by atoms with Crippen molar-refractivity contribution in [3.8, 4) is 28.0 Å². The van der Waals surface area contributed by atoms with Crippen LogP contribution in [0.25, 0.3) is 22.3 Å². The largest absolute Gasteiger partial charge is 0.508 e. The van der Waals surface area contributed by atoms with Crippen molar-refractivity contribution in [2.45, 2.75) is 0 Å². The minimum Gasteiger partial charge on any atom is -0.508 e. The van der Waals surface area contributed by atoms with Crippen molar-refractivity contribution in [1.29, 1.82) is 0 Å². The zero-order chi connectivity index (χ0) is 13.9. The third kappa shape index (κ3) is 2.33. The molecule has 3 nitrogen and oxygen atoms in total. The first-order valence-corrected chi connectivity index (χ1v) is 6.21. The molecule has 1 heterocycles. The molecular formula is C16H12BO3. The second kappa shape index (κ2) is 5.27. The van der Waals surface area contributed by atoms with Crippen LogP contribution in [0.2, 0.25) is 0 Å². The predicted molar refractivity (Wildman–Crippen MR) is 78.9 cm³/mol. The van der Waals surface area contributed by atoms with Crippen molar-refractivity contribution in [3.05, 3.63) is 61.1 Å². The van der Waals surface area contributed by atoms with Crippen LogP contribution in [0.3, 0.4) is 0 Å². The van der Waals surface area contributed by atoms with Crippen molar-refractivity contribution in [2.75, 3.05) is 0 Å². The van der Waals surface area contributed by atoms with Gasteiger partial charge in [0.15, 0.2) is 0 Å². The summed E-state index contributed by atoms with van der Waals surface area (Å²) >= 11 is 0. The average molecular weight is 263 g/mol. The van der Waals surface area contributed by atoms with E-state index in [0.717, 1.165) is 35.2 Å². The van der Waals surface area contributed by atoms with E-state index in [1.807, 2.05) is 36.4 Å². The molecule has 0 amide bonds. The molecule has 0 unspecified atom stereocenters. The summed E-state index contributed by atoms with van der Waals surface area (Å²) in [5.41, 5.74) is 4.67. The molecule has 0 saturated carbocycles. The normalized spacial score (nSPS) is 10.4. The maximum absolute atomic E-state index is 9.35. The molecule has 0 aliphatic heterocycles. The van der Waals surface area contributed by atoms with Crippen LogP contribution < -0.4 is 5.46 Å². The number of hydrogen-bond donors (Lipinski definition) is 2. The topological polar surface area (TPSA) is 53.6 Å². The Morgan fingerprint density at radius 3 is 1.75 bits per heavy atom. The molecule has 0 aliphatic rings. The lowest BCUT2D eigenvalue weighted by Gasteiger charge is -2.04. The summed E-state index contributed by atoms with van der Waals surface area (Å²) in [6.07, 6.45) is 3.38. The standard InChI is InChI=1S/C16H12BO3/c18-14-7-3-12(4-8-14)16-10-20-9-15(16)11-1-5-13(17-19)6-2-11/h1-10,18-19H. The van der Waals surface area contributed by atoms with Gasteiger partial charge in [-0.15, -0.1) is 0 Å². The molecule has 4 heteroatoms. The number of hydrogen-bond acceptors (Lipinski definition) is 3. The highest BCUT2D eigenvalue weighted by molar-refractivity contribution is 6.45. The molecule has 0 fully saturated rings. The maximum Gasteiger partial charge on any atom is 0.326 e. The summed E-state index contributed by atoms with van der Waals surface area (Å²) in [6.45, 7) is 0. The average Bonchev–Trinajstić information content (AvgIpc) is 2.97. The Balaban J connectivity index is 2.02. The fourth-order valence-corrected chi connectivity index (χ4v) is 2.13. The highest BCUT2D eigenvalue weighted by Gasteiger charge is 2.10. The van der Waals surface area contributed by atoms with Gasteiger partial charge in [-0.3, -0.25) is 0 Å². The van der Waals surface area contributed by atoms with Crippen molar-refractivity contribution in [2.24, 2.45) is 0 Å². The summed E-state index contributed by atoms with van der Waals surface area (Å²) in [5.74, 6) is 0.238. The summed E-state index contributed by atoms with van der Waals surface area (Å²) in [6, 6.07) is 14.5. The maximum atomic E-state index is 9.35. The minimum atomic E-state index is 0.238. The van der Waals surface area contributed by atoms with Crippen LogP contribution in [0, 0.1) is 0 Å². The molecule has 3 aromatic rings. The van der Waals surface area contributed by atoms with E-state index in [2.05, 4.69) is 0 Å². The molecule has 97 valence electrons. The molecule has 0 bridgehead atoms. The molecule has 20 heavy (non-hydrogen) atoms. The molecule has 0 aliphatic carbocycles. The first-order chi connectivity index (χ1) is 9.78. The van der Waals surface area contributed by atoms with Gasteiger partial charge in [0.2, 0.25) is 0 Å². The number of furan rings is 1. The van der Waals surface area contributed by atoms with Gasteiger partial charge in [-0.2, -0.15) is 0 Å². The van der Waals surface area contributed by atoms with E-state index in [1.54, 1.807) is 24.7 Å². The number of phenols is 1. The van der Waals surface area contributed by atoms with Crippen LogP contribution in [-0.4, -0.2) is 17.6 Å². The second-order valence-corrected chi connectivity index (χ2v) is 4.50. The summed E-state index contributed by atoms with van der Waals surface area (Å²) in [5, 5.41) is 18.3. The number of benzene rings is 2. The smallest absolute Gasteiger partial charge is 0.326 e. The van der Waals surface area contributed by atoms with Gasteiger partial charge in [-0.25, -0.2) is 0 Å². The molecule has 0 saturated heterocycles. The van der Waals surface area contributed by atoms with Gasteiger partial charge < -0.3 is 14.5 Å². The van der Waals surface area contributed by atoms with E-state index in [-0.39, 0.29) is 5.75 Å². The first kappa shape index (κ1) is 12.6. The zero-order valence-electron chi connectivity index (χ0n) is 10.7. The Hall–Kier alpha value is -2.46.